The van der Waals surface area contributed by atoms with E-state index in [9.17, 15) is 0 Å². The maximum absolute atomic E-state index is 5.56. The van der Waals surface area contributed by atoms with Gasteiger partial charge in [-0.1, -0.05) is 13.0 Å². The summed E-state index contributed by atoms with van der Waals surface area (Å²) in [4.78, 5) is 6.87. The third-order valence-corrected chi connectivity index (χ3v) is 3.11. The Kier molecular flexibility index (Phi) is 4.34. The quantitative estimate of drug-likeness (QED) is 0.851. The van der Waals surface area contributed by atoms with E-state index in [0.29, 0.717) is 6.04 Å². The molecule has 0 aliphatic carbocycles. The number of anilines is 1. The van der Waals surface area contributed by atoms with Crippen molar-refractivity contribution < 1.29 is 4.74 Å². The molecule has 1 aliphatic rings. The summed E-state index contributed by atoms with van der Waals surface area (Å²) in [5.74, 6) is 1.10. The molecule has 1 aromatic rings. The standard InChI is InChI=1S/C13H21N3O/c1-3-14-9-12-10-17-8-7-16(12)13-11(2)5-4-6-15-13/h4-6,12,14H,3,7-10H2,1-2H3. The molecule has 0 bridgehead atoms. The van der Waals surface area contributed by atoms with Crippen molar-refractivity contribution in [3.8, 4) is 0 Å². The average molecular weight is 235 g/mol. The lowest BCUT2D eigenvalue weighted by Gasteiger charge is -2.37. The number of pyridine rings is 1. The van der Waals surface area contributed by atoms with Gasteiger partial charge in [-0.15, -0.1) is 0 Å². The molecule has 1 aromatic heterocycles. The van der Waals surface area contributed by atoms with Gasteiger partial charge in [0.15, 0.2) is 0 Å². The number of aryl methyl sites for hydroxylation is 1. The number of nitrogens with zero attached hydrogens (tertiary/aromatic N) is 2. The third kappa shape index (κ3) is 2.96. The monoisotopic (exact) mass is 235 g/mol. The highest BCUT2D eigenvalue weighted by molar-refractivity contribution is 5.47. The molecule has 2 heterocycles. The second-order valence-corrected chi connectivity index (χ2v) is 4.37. The summed E-state index contributed by atoms with van der Waals surface area (Å²) in [5, 5.41) is 3.39. The van der Waals surface area contributed by atoms with Crippen LogP contribution in [-0.2, 0) is 4.74 Å². The number of hydrogen-bond acceptors (Lipinski definition) is 4. The Bertz CT molecular complexity index is 356. The molecule has 1 saturated heterocycles. The lowest BCUT2D eigenvalue weighted by Crippen LogP contribution is -2.51. The van der Waals surface area contributed by atoms with Crippen LogP contribution >= 0.6 is 0 Å². The second-order valence-electron chi connectivity index (χ2n) is 4.37. The van der Waals surface area contributed by atoms with Gasteiger partial charge in [-0.05, 0) is 25.1 Å². The molecule has 0 aromatic carbocycles. The van der Waals surface area contributed by atoms with E-state index in [1.807, 2.05) is 12.3 Å². The molecule has 4 heteroatoms. The van der Waals surface area contributed by atoms with Crippen molar-refractivity contribution in [3.05, 3.63) is 23.9 Å². The van der Waals surface area contributed by atoms with Crippen LogP contribution in [-0.4, -0.2) is 43.9 Å². The van der Waals surface area contributed by atoms with E-state index in [1.165, 1.54) is 5.56 Å². The van der Waals surface area contributed by atoms with E-state index in [0.717, 1.165) is 38.7 Å². The number of morpholine rings is 1. The van der Waals surface area contributed by atoms with Gasteiger partial charge in [0.25, 0.3) is 0 Å². The van der Waals surface area contributed by atoms with Gasteiger partial charge in [0.2, 0.25) is 0 Å². The first-order chi connectivity index (χ1) is 8.33. The van der Waals surface area contributed by atoms with Crippen LogP contribution in [0.15, 0.2) is 18.3 Å². The molecular weight excluding hydrogens is 214 g/mol. The molecule has 1 atom stereocenters. The minimum atomic E-state index is 0.386. The maximum atomic E-state index is 5.56. The van der Waals surface area contributed by atoms with Gasteiger partial charge in [-0.2, -0.15) is 0 Å². The third-order valence-electron chi connectivity index (χ3n) is 3.11. The molecule has 1 unspecified atom stereocenters. The summed E-state index contributed by atoms with van der Waals surface area (Å²) in [6.45, 7) is 8.68. The summed E-state index contributed by atoms with van der Waals surface area (Å²) in [6, 6.07) is 4.48. The number of rotatable bonds is 4. The van der Waals surface area contributed by atoms with Crippen LogP contribution in [0, 0.1) is 6.92 Å². The van der Waals surface area contributed by atoms with Gasteiger partial charge in [0.05, 0.1) is 19.3 Å². The highest BCUT2D eigenvalue weighted by Gasteiger charge is 2.24. The smallest absolute Gasteiger partial charge is 0.131 e. The van der Waals surface area contributed by atoms with Gasteiger partial charge in [-0.25, -0.2) is 4.98 Å². The minimum absolute atomic E-state index is 0.386. The maximum Gasteiger partial charge on any atom is 0.131 e. The van der Waals surface area contributed by atoms with Crippen molar-refractivity contribution in [2.45, 2.75) is 19.9 Å². The molecule has 0 radical (unpaired) electrons. The van der Waals surface area contributed by atoms with Crippen LogP contribution in [0.4, 0.5) is 5.82 Å². The molecule has 1 fully saturated rings. The number of ether oxygens (including phenoxy) is 1. The van der Waals surface area contributed by atoms with Crippen LogP contribution < -0.4 is 10.2 Å². The van der Waals surface area contributed by atoms with Gasteiger partial charge in [0.1, 0.15) is 5.82 Å². The highest BCUT2D eigenvalue weighted by atomic mass is 16.5. The number of likely N-dealkylation sites (N-methyl/N-ethyl adjacent to an activating group) is 1. The van der Waals surface area contributed by atoms with E-state index in [-0.39, 0.29) is 0 Å². The van der Waals surface area contributed by atoms with Crippen molar-refractivity contribution in [2.24, 2.45) is 0 Å². The Morgan fingerprint density at radius 2 is 2.47 bits per heavy atom. The second kappa shape index (κ2) is 5.98. The molecule has 1 N–H and O–H groups in total. The normalized spacial score (nSPS) is 20.6. The average Bonchev–Trinajstić information content (AvgIpc) is 2.37. The van der Waals surface area contributed by atoms with Gasteiger partial charge >= 0.3 is 0 Å². The molecule has 0 saturated carbocycles. The fourth-order valence-corrected chi connectivity index (χ4v) is 2.19. The number of nitrogens with one attached hydrogen (secondary N) is 1. The van der Waals surface area contributed by atoms with E-state index in [2.05, 4.69) is 35.1 Å². The van der Waals surface area contributed by atoms with Crippen molar-refractivity contribution in [1.82, 2.24) is 10.3 Å². The summed E-state index contributed by atoms with van der Waals surface area (Å²) < 4.78 is 5.56. The summed E-state index contributed by atoms with van der Waals surface area (Å²) >= 11 is 0. The van der Waals surface area contributed by atoms with E-state index < -0.39 is 0 Å². The van der Waals surface area contributed by atoms with Crippen molar-refractivity contribution in [2.75, 3.05) is 37.7 Å². The molecule has 1 aliphatic heterocycles. The zero-order valence-electron chi connectivity index (χ0n) is 10.6. The molecule has 4 nitrogen and oxygen atoms in total. The summed E-state index contributed by atoms with van der Waals surface area (Å²) in [5.41, 5.74) is 1.23. The zero-order chi connectivity index (χ0) is 12.1. The van der Waals surface area contributed by atoms with E-state index >= 15 is 0 Å². The van der Waals surface area contributed by atoms with Crippen LogP contribution in [0.1, 0.15) is 12.5 Å². The predicted molar refractivity (Wildman–Crippen MR) is 69.5 cm³/mol. The fourth-order valence-electron chi connectivity index (χ4n) is 2.19. The Morgan fingerprint density at radius 3 is 3.24 bits per heavy atom. The van der Waals surface area contributed by atoms with Gasteiger partial charge in [-0.3, -0.25) is 0 Å². The molecule has 0 amide bonds. The van der Waals surface area contributed by atoms with Crippen LogP contribution in [0.5, 0.6) is 0 Å². The first kappa shape index (κ1) is 12.3. The molecule has 94 valence electrons. The SMILES string of the molecule is CCNCC1COCCN1c1ncccc1C. The van der Waals surface area contributed by atoms with Gasteiger partial charge in [0, 0.05) is 19.3 Å². The molecule has 2 rings (SSSR count). The van der Waals surface area contributed by atoms with Crippen molar-refractivity contribution in [3.63, 3.8) is 0 Å². The summed E-state index contributed by atoms with van der Waals surface area (Å²) in [7, 11) is 0. The van der Waals surface area contributed by atoms with E-state index in [1.54, 1.807) is 0 Å². The summed E-state index contributed by atoms with van der Waals surface area (Å²) in [6.07, 6.45) is 1.86. The Morgan fingerprint density at radius 1 is 1.59 bits per heavy atom. The van der Waals surface area contributed by atoms with E-state index in [4.69, 9.17) is 4.74 Å². The Hall–Kier alpha value is -1.13. The number of aromatic nitrogens is 1. The van der Waals surface area contributed by atoms with Gasteiger partial charge < -0.3 is 15.0 Å². The van der Waals surface area contributed by atoms with Crippen molar-refractivity contribution in [1.29, 1.82) is 0 Å². The minimum Gasteiger partial charge on any atom is -0.377 e. The zero-order valence-corrected chi connectivity index (χ0v) is 10.6. The molecule has 17 heavy (non-hydrogen) atoms. The highest BCUT2D eigenvalue weighted by Crippen LogP contribution is 2.20. The van der Waals surface area contributed by atoms with Crippen LogP contribution in [0.2, 0.25) is 0 Å². The topological polar surface area (TPSA) is 37.4 Å². The molecule has 0 spiro atoms. The lowest BCUT2D eigenvalue weighted by molar-refractivity contribution is 0.0934. The molecular formula is C13H21N3O. The predicted octanol–water partition coefficient (Wildman–Crippen LogP) is 1.20. The first-order valence-electron chi connectivity index (χ1n) is 6.29. The van der Waals surface area contributed by atoms with Crippen LogP contribution in [0.25, 0.3) is 0 Å². The van der Waals surface area contributed by atoms with Crippen molar-refractivity contribution >= 4 is 5.82 Å². The first-order valence-corrected chi connectivity index (χ1v) is 6.29. The lowest BCUT2D eigenvalue weighted by atomic mass is 10.2. The largest absolute Gasteiger partial charge is 0.377 e. The number of hydrogen-bond donors (Lipinski definition) is 1. The van der Waals surface area contributed by atoms with Crippen LogP contribution in [0.3, 0.4) is 0 Å². The Balaban J connectivity index is 2.13. The Labute approximate surface area is 103 Å². The fraction of sp³-hybridized carbons (Fsp3) is 0.615.